The lowest BCUT2D eigenvalue weighted by atomic mass is 9.44. The van der Waals surface area contributed by atoms with Crippen LogP contribution >= 0.6 is 0 Å². The minimum Gasteiger partial charge on any atom is -0.481 e. The number of hydrogen-bond donors (Lipinski definition) is 2. The predicted octanol–water partition coefficient (Wildman–Crippen LogP) is 4.69. The Morgan fingerprint density at radius 3 is 2.50 bits per heavy atom. The van der Waals surface area contributed by atoms with Crippen molar-refractivity contribution in [2.24, 2.45) is 46.3 Å². The third-order valence-electron chi connectivity index (χ3n) is 10.0. The van der Waals surface area contributed by atoms with Crippen LogP contribution in [-0.2, 0) is 9.59 Å². The number of rotatable bonds is 4. The maximum atomic E-state index is 13.3. The first-order valence-electron chi connectivity index (χ1n) is 11.6. The molecule has 0 aromatic rings. The zero-order chi connectivity index (χ0) is 20.3. The van der Waals surface area contributed by atoms with Gasteiger partial charge in [0.15, 0.2) is 0 Å². The smallest absolute Gasteiger partial charge is 0.303 e. The molecule has 158 valence electrons. The third kappa shape index (κ3) is 3.05. The topological polar surface area (TPSA) is 74.6 Å². The van der Waals surface area contributed by atoms with Gasteiger partial charge in [-0.25, -0.2) is 0 Å². The summed E-state index contributed by atoms with van der Waals surface area (Å²) in [4.78, 5) is 24.4. The highest BCUT2D eigenvalue weighted by Crippen LogP contribution is 2.67. The lowest BCUT2D eigenvalue weighted by molar-refractivity contribution is -0.160. The Morgan fingerprint density at radius 1 is 1.11 bits per heavy atom. The van der Waals surface area contributed by atoms with Crippen molar-refractivity contribution in [3.05, 3.63) is 0 Å². The maximum absolute atomic E-state index is 13.3. The molecule has 4 aliphatic rings. The van der Waals surface area contributed by atoms with Crippen LogP contribution in [0.25, 0.3) is 0 Å². The molecule has 0 aromatic heterocycles. The molecule has 0 bridgehead atoms. The summed E-state index contributed by atoms with van der Waals surface area (Å²) in [6.07, 6.45) is 8.81. The fourth-order valence-electron chi connectivity index (χ4n) is 8.44. The molecule has 4 heteroatoms. The van der Waals surface area contributed by atoms with Gasteiger partial charge >= 0.3 is 5.97 Å². The van der Waals surface area contributed by atoms with Gasteiger partial charge in [0.2, 0.25) is 0 Å². The van der Waals surface area contributed by atoms with Crippen LogP contribution < -0.4 is 0 Å². The molecule has 3 unspecified atom stereocenters. The molecule has 0 radical (unpaired) electrons. The van der Waals surface area contributed by atoms with Crippen molar-refractivity contribution in [2.45, 2.75) is 91.1 Å². The first kappa shape index (κ1) is 20.4. The van der Waals surface area contributed by atoms with Gasteiger partial charge in [-0.2, -0.15) is 0 Å². The van der Waals surface area contributed by atoms with Gasteiger partial charge in [-0.1, -0.05) is 20.8 Å². The number of aliphatic hydroxyl groups excluding tert-OH is 1. The number of hydrogen-bond acceptors (Lipinski definition) is 3. The van der Waals surface area contributed by atoms with Gasteiger partial charge in [0.25, 0.3) is 0 Å². The quantitative estimate of drug-likeness (QED) is 0.730. The zero-order valence-corrected chi connectivity index (χ0v) is 17.8. The number of ketones is 1. The van der Waals surface area contributed by atoms with Crippen molar-refractivity contribution < 1.29 is 19.8 Å². The van der Waals surface area contributed by atoms with E-state index >= 15 is 0 Å². The molecule has 4 nitrogen and oxygen atoms in total. The van der Waals surface area contributed by atoms with Crippen LogP contribution in [0.4, 0.5) is 0 Å². The summed E-state index contributed by atoms with van der Waals surface area (Å²) in [5.74, 6) is 2.25. The molecule has 4 fully saturated rings. The van der Waals surface area contributed by atoms with Gasteiger partial charge in [-0.05, 0) is 91.8 Å². The Kier molecular flexibility index (Phi) is 5.17. The molecule has 0 aromatic carbocycles. The van der Waals surface area contributed by atoms with Crippen molar-refractivity contribution in [1.29, 1.82) is 0 Å². The van der Waals surface area contributed by atoms with Crippen LogP contribution in [0, 0.1) is 46.3 Å². The largest absolute Gasteiger partial charge is 0.481 e. The molecule has 4 rings (SSSR count). The van der Waals surface area contributed by atoms with E-state index in [1.54, 1.807) is 0 Å². The second-order valence-corrected chi connectivity index (χ2v) is 11.2. The van der Waals surface area contributed by atoms with E-state index in [0.29, 0.717) is 41.8 Å². The van der Waals surface area contributed by atoms with Crippen molar-refractivity contribution in [2.75, 3.05) is 0 Å². The molecular formula is C24H38O4. The van der Waals surface area contributed by atoms with E-state index in [0.717, 1.165) is 44.9 Å². The highest BCUT2D eigenvalue weighted by Gasteiger charge is 2.62. The highest BCUT2D eigenvalue weighted by atomic mass is 16.4. The van der Waals surface area contributed by atoms with E-state index in [-0.39, 0.29) is 29.3 Å². The third-order valence-corrected chi connectivity index (χ3v) is 10.0. The van der Waals surface area contributed by atoms with Crippen LogP contribution in [-0.4, -0.2) is 28.1 Å². The summed E-state index contributed by atoms with van der Waals surface area (Å²) >= 11 is 0. The first-order chi connectivity index (χ1) is 13.2. The summed E-state index contributed by atoms with van der Waals surface area (Å²) in [6.45, 7) is 7.06. The monoisotopic (exact) mass is 390 g/mol. The van der Waals surface area contributed by atoms with Gasteiger partial charge in [-0.3, -0.25) is 9.59 Å². The molecule has 0 heterocycles. The van der Waals surface area contributed by atoms with Crippen LogP contribution in [0.15, 0.2) is 0 Å². The molecule has 28 heavy (non-hydrogen) atoms. The van der Waals surface area contributed by atoms with E-state index in [2.05, 4.69) is 20.8 Å². The van der Waals surface area contributed by atoms with E-state index in [1.807, 2.05) is 0 Å². The Hall–Kier alpha value is -0.900. The Bertz CT molecular complexity index is 645. The number of Topliss-reactive ketones (excluding diaryl/α,β-unsaturated/α-hetero) is 1. The van der Waals surface area contributed by atoms with E-state index in [9.17, 15) is 14.7 Å². The van der Waals surface area contributed by atoms with Crippen LogP contribution in [0.2, 0.25) is 0 Å². The summed E-state index contributed by atoms with van der Waals surface area (Å²) in [6, 6.07) is 0. The molecular weight excluding hydrogens is 352 g/mol. The van der Waals surface area contributed by atoms with Gasteiger partial charge < -0.3 is 10.2 Å². The number of aliphatic carboxylic acids is 1. The molecule has 0 spiro atoms. The fourth-order valence-corrected chi connectivity index (χ4v) is 8.44. The summed E-state index contributed by atoms with van der Waals surface area (Å²) in [5, 5.41) is 19.3. The molecule has 4 aliphatic carbocycles. The fraction of sp³-hybridized carbons (Fsp3) is 0.917. The van der Waals surface area contributed by atoms with Crippen molar-refractivity contribution in [3.63, 3.8) is 0 Å². The summed E-state index contributed by atoms with van der Waals surface area (Å²) in [7, 11) is 0. The van der Waals surface area contributed by atoms with Crippen LogP contribution in [0.1, 0.15) is 85.0 Å². The Balaban J connectivity index is 1.56. The minimum absolute atomic E-state index is 0.187. The van der Waals surface area contributed by atoms with Crippen molar-refractivity contribution in [1.82, 2.24) is 0 Å². The molecule has 4 saturated carbocycles. The first-order valence-corrected chi connectivity index (χ1v) is 11.6. The van der Waals surface area contributed by atoms with Gasteiger partial charge in [-0.15, -0.1) is 0 Å². The van der Waals surface area contributed by atoms with Gasteiger partial charge in [0, 0.05) is 18.8 Å². The maximum Gasteiger partial charge on any atom is 0.303 e. The minimum atomic E-state index is -0.698. The van der Waals surface area contributed by atoms with Crippen molar-refractivity contribution in [3.8, 4) is 0 Å². The summed E-state index contributed by atoms with van der Waals surface area (Å²) < 4.78 is 0. The number of carbonyl (C=O) groups excluding carboxylic acids is 1. The molecule has 0 aliphatic heterocycles. The lowest BCUT2D eigenvalue weighted by Gasteiger charge is -2.60. The number of carboxylic acid groups (broad SMARTS) is 1. The number of carbonyl (C=O) groups is 2. The van der Waals surface area contributed by atoms with E-state index < -0.39 is 5.97 Å². The molecule has 9 atom stereocenters. The van der Waals surface area contributed by atoms with E-state index in [4.69, 9.17) is 5.11 Å². The number of aliphatic hydroxyl groups is 1. The zero-order valence-electron chi connectivity index (χ0n) is 17.8. The molecule has 0 saturated heterocycles. The average Bonchev–Trinajstić information content (AvgIpc) is 2.98. The molecule has 0 amide bonds. The Labute approximate surface area is 169 Å². The second-order valence-electron chi connectivity index (χ2n) is 11.2. The Morgan fingerprint density at radius 2 is 1.79 bits per heavy atom. The van der Waals surface area contributed by atoms with Crippen LogP contribution in [0.5, 0.6) is 0 Å². The average molecular weight is 391 g/mol. The normalized spacial score (nSPS) is 49.1. The highest BCUT2D eigenvalue weighted by molar-refractivity contribution is 5.83. The molecule has 2 N–H and O–H groups in total. The summed E-state index contributed by atoms with van der Waals surface area (Å²) in [5.41, 5.74) is 0.401. The number of carboxylic acids is 1. The van der Waals surface area contributed by atoms with Gasteiger partial charge in [0.05, 0.1) is 6.10 Å². The predicted molar refractivity (Wildman–Crippen MR) is 108 cm³/mol. The standard InChI is InChI=1S/C24H38O4/c1-14(4-7-21(27)28)17-5-6-18-22-19(9-11-24(17,18)3)23(2)10-8-16(25)12-15(23)13-20(22)26/h14-19,22,25H,4-13H2,1-3H3,(H,27,28)/t14-,15+,16-,17-,18+,19+,22?,23?,24?/m1/s1. The SMILES string of the molecule is C[C@H](CCC(=O)O)[C@H]1CC[C@H]2C3C(=O)C[C@@H]4C[C@H](O)CCC4(C)[C@H]3CCC12C. The second kappa shape index (κ2) is 7.11. The number of fused-ring (bicyclic) bond motifs is 5. The lowest BCUT2D eigenvalue weighted by Crippen LogP contribution is -2.57. The van der Waals surface area contributed by atoms with Gasteiger partial charge in [0.1, 0.15) is 5.78 Å². The van der Waals surface area contributed by atoms with Crippen molar-refractivity contribution >= 4 is 11.8 Å². The van der Waals surface area contributed by atoms with Crippen LogP contribution in [0.3, 0.4) is 0 Å². The van der Waals surface area contributed by atoms with E-state index in [1.165, 1.54) is 6.42 Å².